The van der Waals surface area contributed by atoms with E-state index in [2.05, 4.69) is 10.1 Å². The minimum absolute atomic E-state index is 0.0577. The van der Waals surface area contributed by atoms with Crippen LogP contribution in [0.5, 0.6) is 0 Å². The molecule has 1 heterocycles. The summed E-state index contributed by atoms with van der Waals surface area (Å²) in [5.74, 6) is -0.858. The maximum absolute atomic E-state index is 12.9. The maximum Gasteiger partial charge on any atom is 0.345 e. The normalized spacial score (nSPS) is 12.6. The quantitative estimate of drug-likeness (QED) is 0.372. The number of carboxylic acid groups (broad SMARTS) is 1. The Morgan fingerprint density at radius 2 is 1.62 bits per heavy atom. The minimum atomic E-state index is -3.88. The van der Waals surface area contributed by atoms with Crippen LogP contribution >= 0.6 is 19.2 Å². The Bertz CT molecular complexity index is 1070. The van der Waals surface area contributed by atoms with Gasteiger partial charge in [-0.1, -0.05) is 53.2 Å². The van der Waals surface area contributed by atoms with Crippen LogP contribution < -0.4 is 0 Å². The van der Waals surface area contributed by atoms with Crippen molar-refractivity contribution in [2.24, 2.45) is 0 Å². The van der Waals surface area contributed by atoms with Gasteiger partial charge < -0.3 is 18.7 Å². The molecule has 0 spiro atoms. The lowest BCUT2D eigenvalue weighted by molar-refractivity contribution is -0.137. The van der Waals surface area contributed by atoms with Crippen LogP contribution in [0.1, 0.15) is 31.1 Å². The van der Waals surface area contributed by atoms with Crippen LogP contribution in [-0.4, -0.2) is 40.1 Å². The molecule has 170 valence electrons. The van der Waals surface area contributed by atoms with Crippen molar-refractivity contribution in [1.82, 2.24) is 10.1 Å². The first-order valence-electron chi connectivity index (χ1n) is 10.1. The molecule has 1 aromatic heterocycles. The molecule has 1 N–H and O–H groups in total. The van der Waals surface area contributed by atoms with Crippen LogP contribution in [0.4, 0.5) is 0 Å². The number of halogens is 1. The molecular weight excluding hydrogens is 455 g/mol. The van der Waals surface area contributed by atoms with Gasteiger partial charge in [0, 0.05) is 11.4 Å². The number of aliphatic carboxylic acids is 1. The van der Waals surface area contributed by atoms with Crippen molar-refractivity contribution < 1.29 is 28.0 Å². The lowest BCUT2D eigenvalue weighted by atomic mass is 10.0. The molecular formula is C22H24ClN2O6P. The molecule has 10 heteroatoms. The highest BCUT2D eigenvalue weighted by molar-refractivity contribution is 7.55. The Hall–Kier alpha value is -2.51. The molecule has 3 rings (SSSR count). The summed E-state index contributed by atoms with van der Waals surface area (Å²) < 4.78 is 28.5. The van der Waals surface area contributed by atoms with Gasteiger partial charge in [-0.3, -0.25) is 9.36 Å². The number of hydrogen-bond donors (Lipinski definition) is 1. The Kier molecular flexibility index (Phi) is 8.21. The molecule has 0 amide bonds. The first kappa shape index (κ1) is 24.1. The average Bonchev–Trinajstić information content (AvgIpc) is 3.20. The second kappa shape index (κ2) is 10.9. The number of carboxylic acids is 1. The summed E-state index contributed by atoms with van der Waals surface area (Å²) in [7, 11) is -3.88. The first-order chi connectivity index (χ1) is 15.3. The topological polar surface area (TPSA) is 112 Å². The molecule has 0 saturated heterocycles. The second-order valence-corrected chi connectivity index (χ2v) is 9.57. The molecule has 0 aliphatic carbocycles. The van der Waals surface area contributed by atoms with E-state index in [1.54, 1.807) is 13.8 Å². The highest BCUT2D eigenvalue weighted by Gasteiger charge is 2.42. The fourth-order valence-electron chi connectivity index (χ4n) is 3.16. The van der Waals surface area contributed by atoms with Gasteiger partial charge in [-0.2, -0.15) is 4.98 Å². The molecule has 1 atom stereocenters. The smallest absolute Gasteiger partial charge is 0.345 e. The Morgan fingerprint density at radius 1 is 1.06 bits per heavy atom. The van der Waals surface area contributed by atoms with Gasteiger partial charge in [-0.25, -0.2) is 0 Å². The summed E-state index contributed by atoms with van der Waals surface area (Å²) in [5.41, 5.74) is 1.62. The molecule has 0 aliphatic heterocycles. The number of benzene rings is 2. The lowest BCUT2D eigenvalue weighted by Crippen LogP contribution is -2.26. The largest absolute Gasteiger partial charge is 0.481 e. The van der Waals surface area contributed by atoms with Gasteiger partial charge in [-0.15, -0.1) is 0 Å². The lowest BCUT2D eigenvalue weighted by Gasteiger charge is -2.22. The SMILES string of the molecule is CCOP(=O)(OCC)C(Cc1nc(Cc2ccc(-c3ccc(Cl)cc3)cc2)no1)C(=O)O. The third kappa shape index (κ3) is 6.04. The maximum atomic E-state index is 12.9. The zero-order valence-corrected chi connectivity index (χ0v) is 19.4. The Labute approximate surface area is 191 Å². The summed E-state index contributed by atoms with van der Waals surface area (Å²) >= 11 is 5.94. The Morgan fingerprint density at radius 3 is 2.16 bits per heavy atom. The number of nitrogens with zero attached hydrogens (tertiary/aromatic N) is 2. The van der Waals surface area contributed by atoms with Crippen molar-refractivity contribution in [3.63, 3.8) is 0 Å². The third-order valence-electron chi connectivity index (χ3n) is 4.66. The summed E-state index contributed by atoms with van der Waals surface area (Å²) in [4.78, 5) is 16.0. The molecule has 3 aromatic rings. The second-order valence-electron chi connectivity index (χ2n) is 6.92. The van der Waals surface area contributed by atoms with E-state index >= 15 is 0 Å². The van der Waals surface area contributed by atoms with Crippen LogP contribution in [0.25, 0.3) is 11.1 Å². The highest BCUT2D eigenvalue weighted by atomic mass is 35.5. The predicted octanol–water partition coefficient (Wildman–Crippen LogP) is 5.24. The molecule has 0 fully saturated rings. The van der Waals surface area contributed by atoms with Crippen molar-refractivity contribution in [2.45, 2.75) is 32.3 Å². The van der Waals surface area contributed by atoms with E-state index in [-0.39, 0.29) is 25.5 Å². The number of rotatable bonds is 11. The fraction of sp³-hybridized carbons (Fsp3) is 0.318. The molecule has 0 saturated carbocycles. The summed E-state index contributed by atoms with van der Waals surface area (Å²) in [6.07, 6.45) is 0.145. The monoisotopic (exact) mass is 478 g/mol. The van der Waals surface area contributed by atoms with E-state index in [4.69, 9.17) is 25.2 Å². The van der Waals surface area contributed by atoms with Gasteiger partial charge >= 0.3 is 13.6 Å². The van der Waals surface area contributed by atoms with E-state index in [0.717, 1.165) is 16.7 Å². The van der Waals surface area contributed by atoms with Crippen molar-refractivity contribution >= 4 is 25.2 Å². The van der Waals surface area contributed by atoms with E-state index in [0.29, 0.717) is 17.3 Å². The standard InChI is InChI=1S/C22H24ClN2O6P/c1-3-29-32(28,30-4-2)19(22(26)27)14-21-24-20(25-31-21)13-15-5-7-16(8-6-15)17-9-11-18(23)12-10-17/h5-12,19H,3-4,13-14H2,1-2H3,(H,26,27). The third-order valence-corrected chi connectivity index (χ3v) is 7.31. The van der Waals surface area contributed by atoms with E-state index < -0.39 is 19.2 Å². The van der Waals surface area contributed by atoms with Gasteiger partial charge in [0.25, 0.3) is 0 Å². The zero-order chi connectivity index (χ0) is 23.1. The highest BCUT2D eigenvalue weighted by Crippen LogP contribution is 2.54. The minimum Gasteiger partial charge on any atom is -0.481 e. The van der Waals surface area contributed by atoms with Crippen LogP contribution in [0.3, 0.4) is 0 Å². The molecule has 0 bridgehead atoms. The van der Waals surface area contributed by atoms with Crippen LogP contribution in [0, 0.1) is 0 Å². The van der Waals surface area contributed by atoms with E-state index in [1.165, 1.54) is 0 Å². The van der Waals surface area contributed by atoms with Crippen LogP contribution in [0.2, 0.25) is 5.02 Å². The summed E-state index contributed by atoms with van der Waals surface area (Å²) in [6.45, 7) is 3.35. The molecule has 2 aromatic carbocycles. The number of hydrogen-bond acceptors (Lipinski definition) is 7. The van der Waals surface area contributed by atoms with Crippen LogP contribution in [-0.2, 0) is 31.2 Å². The molecule has 0 aliphatic rings. The number of aromatic nitrogens is 2. The molecule has 1 unspecified atom stereocenters. The molecule has 8 nitrogen and oxygen atoms in total. The van der Waals surface area contributed by atoms with E-state index in [1.807, 2.05) is 48.5 Å². The fourth-order valence-corrected chi connectivity index (χ4v) is 5.09. The predicted molar refractivity (Wildman–Crippen MR) is 120 cm³/mol. The van der Waals surface area contributed by atoms with Crippen molar-refractivity contribution in [2.75, 3.05) is 13.2 Å². The first-order valence-corrected chi connectivity index (χ1v) is 12.1. The van der Waals surface area contributed by atoms with Crippen LogP contribution in [0.15, 0.2) is 53.1 Å². The Balaban J connectivity index is 1.70. The van der Waals surface area contributed by atoms with E-state index in [9.17, 15) is 14.5 Å². The summed E-state index contributed by atoms with van der Waals surface area (Å²) in [5, 5.41) is 14.2. The van der Waals surface area contributed by atoms with Crippen molar-refractivity contribution in [3.8, 4) is 11.1 Å². The molecule has 0 radical (unpaired) electrons. The average molecular weight is 479 g/mol. The van der Waals surface area contributed by atoms with Gasteiger partial charge in [-0.05, 0) is 42.7 Å². The van der Waals surface area contributed by atoms with Gasteiger partial charge in [0.05, 0.1) is 19.6 Å². The summed E-state index contributed by atoms with van der Waals surface area (Å²) in [6, 6.07) is 15.5. The number of carbonyl (C=O) groups is 1. The molecule has 32 heavy (non-hydrogen) atoms. The van der Waals surface area contributed by atoms with Gasteiger partial charge in [0.15, 0.2) is 11.5 Å². The van der Waals surface area contributed by atoms with Gasteiger partial charge in [0.1, 0.15) is 0 Å². The van der Waals surface area contributed by atoms with Crippen molar-refractivity contribution in [1.29, 1.82) is 0 Å². The van der Waals surface area contributed by atoms with Gasteiger partial charge in [0.2, 0.25) is 5.89 Å². The zero-order valence-electron chi connectivity index (χ0n) is 17.7. The van der Waals surface area contributed by atoms with Crippen molar-refractivity contribution in [3.05, 3.63) is 70.8 Å².